The molecule has 0 saturated carbocycles. The minimum Gasteiger partial charge on any atom is -0.306 e. The molecule has 0 aliphatic carbocycles. The second-order valence-corrected chi connectivity index (χ2v) is 6.60. The topological polar surface area (TPSA) is 24.9 Å². The summed E-state index contributed by atoms with van der Waals surface area (Å²) in [6.07, 6.45) is 4.96. The Hall–Kier alpha value is -1.71. The number of aromatic nitrogens is 1. The molecule has 1 aromatic carbocycles. The van der Waals surface area contributed by atoms with Crippen LogP contribution in [-0.2, 0) is 0 Å². The lowest BCUT2D eigenvalue weighted by molar-refractivity contribution is 0.609. The number of pyridine rings is 1. The molecule has 0 fully saturated rings. The van der Waals surface area contributed by atoms with Crippen molar-refractivity contribution >= 4 is 22.1 Å². The van der Waals surface area contributed by atoms with Crippen LogP contribution < -0.4 is 5.32 Å². The SMILES string of the molecule is CCCNC(c1ccc(C)s1)c1cccc2ccncc12. The molecule has 1 atom stereocenters. The summed E-state index contributed by atoms with van der Waals surface area (Å²) in [5.41, 5.74) is 1.32. The first-order valence-electron chi connectivity index (χ1n) is 7.42. The molecule has 0 aliphatic rings. The molecule has 2 aromatic heterocycles. The maximum atomic E-state index is 4.31. The Balaban J connectivity index is 2.09. The van der Waals surface area contributed by atoms with Crippen molar-refractivity contribution < 1.29 is 0 Å². The van der Waals surface area contributed by atoms with Crippen molar-refractivity contribution in [3.8, 4) is 0 Å². The van der Waals surface area contributed by atoms with Gasteiger partial charge in [-0.3, -0.25) is 4.98 Å². The quantitative estimate of drug-likeness (QED) is 0.738. The van der Waals surface area contributed by atoms with Gasteiger partial charge < -0.3 is 5.32 Å². The number of aryl methyl sites for hydroxylation is 1. The third kappa shape index (κ3) is 2.99. The van der Waals surface area contributed by atoms with E-state index >= 15 is 0 Å². The van der Waals surface area contributed by atoms with Gasteiger partial charge in [-0.25, -0.2) is 0 Å². The van der Waals surface area contributed by atoms with Gasteiger partial charge >= 0.3 is 0 Å². The maximum Gasteiger partial charge on any atom is 0.0677 e. The molecule has 0 aliphatic heterocycles. The standard InChI is InChI=1S/C18H20N2S/c1-3-10-20-18(17-8-7-13(2)21-17)15-6-4-5-14-9-11-19-12-16(14)15/h4-9,11-12,18,20H,3,10H2,1-2H3. The fraction of sp³-hybridized carbons (Fsp3) is 0.278. The van der Waals surface area contributed by atoms with Gasteiger partial charge in [0.15, 0.2) is 0 Å². The van der Waals surface area contributed by atoms with Crippen LogP contribution >= 0.6 is 11.3 Å². The summed E-state index contributed by atoms with van der Waals surface area (Å²) < 4.78 is 0. The maximum absolute atomic E-state index is 4.31. The van der Waals surface area contributed by atoms with Gasteiger partial charge in [-0.05, 0) is 49.0 Å². The van der Waals surface area contributed by atoms with E-state index in [2.05, 4.69) is 60.5 Å². The van der Waals surface area contributed by atoms with Gasteiger partial charge in [-0.2, -0.15) is 0 Å². The summed E-state index contributed by atoms with van der Waals surface area (Å²) in [5.74, 6) is 0. The lowest BCUT2D eigenvalue weighted by Gasteiger charge is -2.19. The number of benzene rings is 1. The van der Waals surface area contributed by atoms with E-state index in [1.807, 2.05) is 23.7 Å². The molecular formula is C18H20N2S. The van der Waals surface area contributed by atoms with Gasteiger partial charge in [0.05, 0.1) is 6.04 Å². The fourth-order valence-electron chi connectivity index (χ4n) is 2.65. The number of fused-ring (bicyclic) bond motifs is 1. The molecule has 0 radical (unpaired) electrons. The summed E-state index contributed by atoms with van der Waals surface area (Å²) in [7, 11) is 0. The smallest absolute Gasteiger partial charge is 0.0677 e. The summed E-state index contributed by atoms with van der Waals surface area (Å²) >= 11 is 1.87. The van der Waals surface area contributed by atoms with Gasteiger partial charge in [0, 0.05) is 27.5 Å². The average Bonchev–Trinajstić information content (AvgIpc) is 2.94. The van der Waals surface area contributed by atoms with Gasteiger partial charge in [-0.1, -0.05) is 25.1 Å². The third-order valence-corrected chi connectivity index (χ3v) is 4.74. The molecule has 2 nitrogen and oxygen atoms in total. The van der Waals surface area contributed by atoms with E-state index in [1.54, 1.807) is 0 Å². The minimum absolute atomic E-state index is 0.247. The predicted molar refractivity (Wildman–Crippen MR) is 90.9 cm³/mol. The van der Waals surface area contributed by atoms with E-state index in [1.165, 1.54) is 26.1 Å². The second kappa shape index (κ2) is 6.37. The Bertz CT molecular complexity index is 727. The molecule has 1 N–H and O–H groups in total. The van der Waals surface area contributed by atoms with Gasteiger partial charge in [0.25, 0.3) is 0 Å². The monoisotopic (exact) mass is 296 g/mol. The predicted octanol–water partition coefficient (Wildman–Crippen LogP) is 4.69. The Kier molecular flexibility index (Phi) is 4.32. The zero-order valence-corrected chi connectivity index (χ0v) is 13.3. The molecule has 108 valence electrons. The molecule has 3 aromatic rings. The van der Waals surface area contributed by atoms with Crippen LogP contribution in [0.1, 0.15) is 34.7 Å². The van der Waals surface area contributed by atoms with E-state index in [0.717, 1.165) is 13.0 Å². The molecule has 0 saturated heterocycles. The molecule has 0 amide bonds. The number of thiophene rings is 1. The molecule has 0 bridgehead atoms. The number of nitrogens with zero attached hydrogens (tertiary/aromatic N) is 1. The largest absolute Gasteiger partial charge is 0.306 e. The minimum atomic E-state index is 0.247. The van der Waals surface area contributed by atoms with E-state index in [9.17, 15) is 0 Å². The van der Waals surface area contributed by atoms with Crippen LogP contribution in [0.15, 0.2) is 48.8 Å². The average molecular weight is 296 g/mol. The van der Waals surface area contributed by atoms with Crippen LogP contribution in [0.2, 0.25) is 0 Å². The van der Waals surface area contributed by atoms with Crippen molar-refractivity contribution in [2.75, 3.05) is 6.54 Å². The van der Waals surface area contributed by atoms with Crippen molar-refractivity contribution in [1.29, 1.82) is 0 Å². The number of hydrogen-bond donors (Lipinski definition) is 1. The normalized spacial score (nSPS) is 12.7. The lowest BCUT2D eigenvalue weighted by atomic mass is 9.99. The zero-order valence-electron chi connectivity index (χ0n) is 12.5. The van der Waals surface area contributed by atoms with Crippen LogP contribution in [0, 0.1) is 6.92 Å². The Morgan fingerprint density at radius 2 is 2.10 bits per heavy atom. The van der Waals surface area contributed by atoms with Crippen LogP contribution in [-0.4, -0.2) is 11.5 Å². The first-order valence-corrected chi connectivity index (χ1v) is 8.23. The number of nitrogens with one attached hydrogen (secondary N) is 1. The van der Waals surface area contributed by atoms with E-state index < -0.39 is 0 Å². The number of rotatable bonds is 5. The fourth-order valence-corrected chi connectivity index (χ4v) is 3.62. The van der Waals surface area contributed by atoms with Gasteiger partial charge in [0.1, 0.15) is 0 Å². The highest BCUT2D eigenvalue weighted by Crippen LogP contribution is 2.32. The molecule has 0 spiro atoms. The molecule has 3 rings (SSSR count). The van der Waals surface area contributed by atoms with Crippen LogP contribution in [0.5, 0.6) is 0 Å². The molecule has 21 heavy (non-hydrogen) atoms. The molecule has 3 heteroatoms. The highest BCUT2D eigenvalue weighted by molar-refractivity contribution is 7.12. The highest BCUT2D eigenvalue weighted by atomic mass is 32.1. The third-order valence-electron chi connectivity index (χ3n) is 3.67. The van der Waals surface area contributed by atoms with Gasteiger partial charge in [0.2, 0.25) is 0 Å². The van der Waals surface area contributed by atoms with Crippen molar-refractivity contribution in [3.05, 3.63) is 64.1 Å². The van der Waals surface area contributed by atoms with Crippen LogP contribution in [0.3, 0.4) is 0 Å². The summed E-state index contributed by atoms with van der Waals surface area (Å²) in [6, 6.07) is 13.3. The summed E-state index contributed by atoms with van der Waals surface area (Å²) in [6.45, 7) is 5.38. The summed E-state index contributed by atoms with van der Waals surface area (Å²) in [4.78, 5) is 7.04. The Labute approximate surface area is 129 Å². The van der Waals surface area contributed by atoms with Crippen molar-refractivity contribution in [3.63, 3.8) is 0 Å². The number of hydrogen-bond acceptors (Lipinski definition) is 3. The Morgan fingerprint density at radius 3 is 2.86 bits per heavy atom. The van der Waals surface area contributed by atoms with Gasteiger partial charge in [-0.15, -0.1) is 11.3 Å². The van der Waals surface area contributed by atoms with Crippen LogP contribution in [0.25, 0.3) is 10.8 Å². The zero-order chi connectivity index (χ0) is 14.7. The van der Waals surface area contributed by atoms with Crippen molar-refractivity contribution in [2.45, 2.75) is 26.3 Å². The first-order chi connectivity index (χ1) is 10.3. The van der Waals surface area contributed by atoms with E-state index in [0.29, 0.717) is 0 Å². The second-order valence-electron chi connectivity index (χ2n) is 5.28. The van der Waals surface area contributed by atoms with E-state index in [4.69, 9.17) is 0 Å². The Morgan fingerprint density at radius 1 is 1.19 bits per heavy atom. The highest BCUT2D eigenvalue weighted by Gasteiger charge is 2.17. The van der Waals surface area contributed by atoms with Crippen molar-refractivity contribution in [2.24, 2.45) is 0 Å². The summed E-state index contributed by atoms with van der Waals surface area (Å²) in [5, 5.41) is 6.18. The van der Waals surface area contributed by atoms with Crippen molar-refractivity contribution in [1.82, 2.24) is 10.3 Å². The molecule has 2 heterocycles. The lowest BCUT2D eigenvalue weighted by Crippen LogP contribution is -2.22. The molecule has 1 unspecified atom stereocenters. The first kappa shape index (κ1) is 14.2. The van der Waals surface area contributed by atoms with E-state index in [-0.39, 0.29) is 6.04 Å². The van der Waals surface area contributed by atoms with Crippen LogP contribution in [0.4, 0.5) is 0 Å². The molecular weight excluding hydrogens is 276 g/mol.